The molecule has 0 heterocycles. The van der Waals surface area contributed by atoms with Gasteiger partial charge in [0, 0.05) is 26.6 Å². The summed E-state index contributed by atoms with van der Waals surface area (Å²) in [5, 5.41) is 4.48. The van der Waals surface area contributed by atoms with Crippen molar-refractivity contribution < 1.29 is 9.47 Å². The van der Waals surface area contributed by atoms with Gasteiger partial charge in [-0.15, -0.1) is 0 Å². The Bertz CT molecular complexity index is 680. The highest BCUT2D eigenvalue weighted by Gasteiger charge is 2.11. The average molecular weight is 419 g/mol. The molecule has 1 N–H and O–H groups in total. The third kappa shape index (κ3) is 5.01. The number of rotatable bonds is 7. The first-order chi connectivity index (χ1) is 11.0. The Morgan fingerprint density at radius 1 is 1.09 bits per heavy atom. The zero-order valence-electron chi connectivity index (χ0n) is 13.0. The lowest BCUT2D eigenvalue weighted by Gasteiger charge is -2.15. The Kier molecular flexibility index (Phi) is 7.03. The van der Waals surface area contributed by atoms with Gasteiger partial charge in [0.15, 0.2) is 11.5 Å². The molecule has 0 bridgehead atoms. The van der Waals surface area contributed by atoms with Crippen molar-refractivity contribution in [3.05, 3.63) is 56.0 Å². The van der Waals surface area contributed by atoms with E-state index in [2.05, 4.69) is 28.2 Å². The van der Waals surface area contributed by atoms with Crippen LogP contribution in [0.4, 0.5) is 0 Å². The summed E-state index contributed by atoms with van der Waals surface area (Å²) in [6.07, 6.45) is 0. The first-order valence-corrected chi connectivity index (χ1v) is 8.74. The number of ether oxygens (including phenoxy) is 2. The molecule has 2 aromatic carbocycles. The summed E-state index contributed by atoms with van der Waals surface area (Å²) in [7, 11) is 1.63. The fourth-order valence-corrected chi connectivity index (χ4v) is 2.96. The Morgan fingerprint density at radius 3 is 2.52 bits per heavy atom. The van der Waals surface area contributed by atoms with E-state index in [4.69, 9.17) is 32.7 Å². The molecule has 0 aromatic heterocycles. The van der Waals surface area contributed by atoms with Crippen LogP contribution < -0.4 is 14.8 Å². The van der Waals surface area contributed by atoms with Crippen LogP contribution in [0, 0.1) is 0 Å². The first kappa shape index (κ1) is 18.4. The fraction of sp³-hybridized carbons (Fsp3) is 0.294. The van der Waals surface area contributed by atoms with Crippen molar-refractivity contribution in [1.82, 2.24) is 5.32 Å². The molecule has 0 amide bonds. The second-order valence-electron chi connectivity index (χ2n) is 4.90. The minimum atomic E-state index is 0.339. The van der Waals surface area contributed by atoms with Gasteiger partial charge in [0.05, 0.1) is 7.11 Å². The van der Waals surface area contributed by atoms with Crippen molar-refractivity contribution in [3.8, 4) is 11.5 Å². The van der Waals surface area contributed by atoms with Gasteiger partial charge in [0.1, 0.15) is 6.61 Å². The van der Waals surface area contributed by atoms with E-state index >= 15 is 0 Å². The van der Waals surface area contributed by atoms with Gasteiger partial charge in [-0.05, 0) is 36.4 Å². The molecule has 0 saturated carbocycles. The van der Waals surface area contributed by atoms with Gasteiger partial charge in [-0.25, -0.2) is 0 Å². The van der Waals surface area contributed by atoms with Gasteiger partial charge in [-0.3, -0.25) is 0 Å². The monoisotopic (exact) mass is 417 g/mol. The summed E-state index contributed by atoms with van der Waals surface area (Å²) in [5.41, 5.74) is 1.98. The molecule has 23 heavy (non-hydrogen) atoms. The van der Waals surface area contributed by atoms with E-state index < -0.39 is 0 Å². The largest absolute Gasteiger partial charge is 0.493 e. The van der Waals surface area contributed by atoms with E-state index in [9.17, 15) is 0 Å². The van der Waals surface area contributed by atoms with Gasteiger partial charge in [-0.1, -0.05) is 52.1 Å². The van der Waals surface area contributed by atoms with Crippen LogP contribution in [0.2, 0.25) is 10.0 Å². The Labute approximate surface area is 155 Å². The molecule has 0 saturated heterocycles. The van der Waals surface area contributed by atoms with E-state index in [1.165, 1.54) is 0 Å². The van der Waals surface area contributed by atoms with Crippen LogP contribution in [0.3, 0.4) is 0 Å². The van der Waals surface area contributed by atoms with Crippen molar-refractivity contribution in [2.24, 2.45) is 0 Å². The predicted molar refractivity (Wildman–Crippen MR) is 98.9 cm³/mol. The number of hydrogen-bond acceptors (Lipinski definition) is 3. The molecule has 0 radical (unpaired) electrons. The van der Waals surface area contributed by atoms with Crippen LogP contribution in [0.15, 0.2) is 34.8 Å². The van der Waals surface area contributed by atoms with E-state index in [0.29, 0.717) is 28.2 Å². The summed E-state index contributed by atoms with van der Waals surface area (Å²) in [4.78, 5) is 0. The molecular formula is C17H18BrCl2NO2. The van der Waals surface area contributed by atoms with E-state index in [0.717, 1.165) is 28.7 Å². The van der Waals surface area contributed by atoms with Crippen molar-refractivity contribution in [1.29, 1.82) is 0 Å². The number of benzene rings is 2. The first-order valence-electron chi connectivity index (χ1n) is 7.19. The molecule has 0 spiro atoms. The summed E-state index contributed by atoms with van der Waals surface area (Å²) in [6, 6.07) is 9.22. The molecule has 0 fully saturated rings. The molecule has 0 unspecified atom stereocenters. The highest BCUT2D eigenvalue weighted by Crippen LogP contribution is 2.34. The summed E-state index contributed by atoms with van der Waals surface area (Å²) >= 11 is 15.6. The third-order valence-corrected chi connectivity index (χ3v) is 4.62. The normalized spacial score (nSPS) is 10.7. The van der Waals surface area contributed by atoms with Crippen LogP contribution in [0.1, 0.15) is 18.1 Å². The van der Waals surface area contributed by atoms with Gasteiger partial charge >= 0.3 is 0 Å². The van der Waals surface area contributed by atoms with E-state index in [1.54, 1.807) is 19.2 Å². The number of methoxy groups -OCH3 is 1. The molecule has 3 nitrogen and oxygen atoms in total. The van der Waals surface area contributed by atoms with Crippen LogP contribution in [0.25, 0.3) is 0 Å². The maximum atomic E-state index is 6.17. The van der Waals surface area contributed by atoms with Gasteiger partial charge in [-0.2, -0.15) is 0 Å². The van der Waals surface area contributed by atoms with Crippen molar-refractivity contribution in [2.75, 3.05) is 13.7 Å². The molecule has 2 aromatic rings. The molecular weight excluding hydrogens is 401 g/mol. The van der Waals surface area contributed by atoms with Gasteiger partial charge in [0.25, 0.3) is 0 Å². The highest BCUT2D eigenvalue weighted by atomic mass is 79.9. The molecule has 0 aliphatic rings. The average Bonchev–Trinajstić information content (AvgIpc) is 2.53. The lowest BCUT2D eigenvalue weighted by atomic mass is 10.2. The quantitative estimate of drug-likeness (QED) is 0.648. The van der Waals surface area contributed by atoms with E-state index in [-0.39, 0.29) is 0 Å². The Balaban J connectivity index is 2.17. The predicted octanol–water partition coefficient (Wildman–Crippen LogP) is 5.45. The summed E-state index contributed by atoms with van der Waals surface area (Å²) in [6.45, 7) is 4.07. The zero-order valence-corrected chi connectivity index (χ0v) is 16.1. The summed E-state index contributed by atoms with van der Waals surface area (Å²) < 4.78 is 12.3. The maximum absolute atomic E-state index is 6.17. The molecule has 0 aliphatic heterocycles. The van der Waals surface area contributed by atoms with Crippen LogP contribution in [0.5, 0.6) is 11.5 Å². The Hall–Kier alpha value is -0.940. The third-order valence-electron chi connectivity index (χ3n) is 3.30. The molecule has 6 heteroatoms. The van der Waals surface area contributed by atoms with Gasteiger partial charge in [0.2, 0.25) is 0 Å². The van der Waals surface area contributed by atoms with E-state index in [1.807, 2.05) is 18.2 Å². The standard InChI is InChI=1S/C17H18BrCl2NO2/c1-3-21-9-12-6-16(22-2)17(8-14(12)18)23-10-11-4-5-13(19)7-15(11)20/h4-8,21H,3,9-10H2,1-2H3. The van der Waals surface area contributed by atoms with Crippen molar-refractivity contribution in [2.45, 2.75) is 20.1 Å². The van der Waals surface area contributed by atoms with Gasteiger partial charge < -0.3 is 14.8 Å². The molecule has 124 valence electrons. The smallest absolute Gasteiger partial charge is 0.162 e. The molecule has 2 rings (SSSR count). The van der Waals surface area contributed by atoms with Crippen LogP contribution >= 0.6 is 39.1 Å². The number of halogens is 3. The highest BCUT2D eigenvalue weighted by molar-refractivity contribution is 9.10. The molecule has 0 aliphatic carbocycles. The number of nitrogens with one attached hydrogen (secondary N) is 1. The topological polar surface area (TPSA) is 30.5 Å². The van der Waals surface area contributed by atoms with Crippen LogP contribution in [-0.2, 0) is 13.2 Å². The van der Waals surface area contributed by atoms with Crippen molar-refractivity contribution >= 4 is 39.1 Å². The summed E-state index contributed by atoms with van der Waals surface area (Å²) in [5.74, 6) is 1.34. The number of hydrogen-bond donors (Lipinski definition) is 1. The zero-order chi connectivity index (χ0) is 16.8. The SMILES string of the molecule is CCNCc1cc(OC)c(OCc2ccc(Cl)cc2Cl)cc1Br. The lowest BCUT2D eigenvalue weighted by molar-refractivity contribution is 0.284. The van der Waals surface area contributed by atoms with Crippen molar-refractivity contribution in [3.63, 3.8) is 0 Å². The second kappa shape index (κ2) is 8.78. The molecule has 0 atom stereocenters. The van der Waals surface area contributed by atoms with Crippen LogP contribution in [-0.4, -0.2) is 13.7 Å². The lowest BCUT2D eigenvalue weighted by Crippen LogP contribution is -2.12. The second-order valence-corrected chi connectivity index (χ2v) is 6.60. The minimum Gasteiger partial charge on any atom is -0.493 e. The fourth-order valence-electron chi connectivity index (χ4n) is 2.04. The Morgan fingerprint density at radius 2 is 1.87 bits per heavy atom. The maximum Gasteiger partial charge on any atom is 0.162 e. The minimum absolute atomic E-state index is 0.339.